The van der Waals surface area contributed by atoms with E-state index < -0.39 is 0 Å². The Labute approximate surface area is 166 Å². The molecule has 1 aliphatic carbocycles. The predicted molar refractivity (Wildman–Crippen MR) is 120 cm³/mol. The molecule has 1 N–H and O–H groups in total. The molecule has 0 spiro atoms. The summed E-state index contributed by atoms with van der Waals surface area (Å²) in [5.74, 6) is 0. The van der Waals surface area contributed by atoms with E-state index in [1.165, 1.54) is 22.3 Å². The van der Waals surface area contributed by atoms with Gasteiger partial charge in [-0.05, 0) is 65.8 Å². The first-order valence-electron chi connectivity index (χ1n) is 9.79. The number of hydrazone groups is 1. The number of allylic oxidation sites excluding steroid dienone is 2. The van der Waals surface area contributed by atoms with Gasteiger partial charge in [0.2, 0.25) is 0 Å². The van der Waals surface area contributed by atoms with E-state index in [1.807, 2.05) is 30.3 Å². The van der Waals surface area contributed by atoms with Crippen LogP contribution >= 0.6 is 0 Å². The number of para-hydroxylation sites is 1. The van der Waals surface area contributed by atoms with Crippen LogP contribution < -0.4 is 5.43 Å². The molecular weight excluding hydrogens is 340 g/mol. The molecule has 0 radical (unpaired) electrons. The van der Waals surface area contributed by atoms with E-state index >= 15 is 0 Å². The van der Waals surface area contributed by atoms with Crippen molar-refractivity contribution in [3.63, 3.8) is 0 Å². The lowest BCUT2D eigenvalue weighted by atomic mass is 9.86. The maximum Gasteiger partial charge on any atom is 0.0897 e. The van der Waals surface area contributed by atoms with Crippen molar-refractivity contribution in [1.82, 2.24) is 0 Å². The molecule has 1 aliphatic rings. The van der Waals surface area contributed by atoms with Crippen molar-refractivity contribution in [2.45, 2.75) is 19.3 Å². The van der Waals surface area contributed by atoms with Gasteiger partial charge in [-0.1, -0.05) is 78.9 Å². The Morgan fingerprint density at radius 1 is 0.607 bits per heavy atom. The van der Waals surface area contributed by atoms with Crippen LogP contribution in [0.25, 0.3) is 12.2 Å². The highest BCUT2D eigenvalue weighted by molar-refractivity contribution is 6.17. The Morgan fingerprint density at radius 3 is 1.57 bits per heavy atom. The summed E-state index contributed by atoms with van der Waals surface area (Å²) in [7, 11) is 0. The lowest BCUT2D eigenvalue weighted by Gasteiger charge is -2.21. The van der Waals surface area contributed by atoms with Gasteiger partial charge in [-0.2, -0.15) is 5.10 Å². The molecule has 0 unspecified atom stereocenters. The minimum Gasteiger partial charge on any atom is -0.278 e. The van der Waals surface area contributed by atoms with E-state index in [9.17, 15) is 0 Å². The Balaban J connectivity index is 1.72. The van der Waals surface area contributed by atoms with Crippen molar-refractivity contribution >= 4 is 23.6 Å². The molecule has 4 rings (SSSR count). The molecule has 1 fully saturated rings. The van der Waals surface area contributed by atoms with Gasteiger partial charge in [0.1, 0.15) is 0 Å². The lowest BCUT2D eigenvalue weighted by molar-refractivity contribution is 0.817. The van der Waals surface area contributed by atoms with E-state index in [-0.39, 0.29) is 0 Å². The fraction of sp³-hybridized carbons (Fsp3) is 0.115. The maximum absolute atomic E-state index is 4.84. The van der Waals surface area contributed by atoms with Gasteiger partial charge >= 0.3 is 0 Å². The zero-order valence-electron chi connectivity index (χ0n) is 15.9. The third kappa shape index (κ3) is 4.66. The number of nitrogens with zero attached hydrogens (tertiary/aromatic N) is 1. The van der Waals surface area contributed by atoms with Crippen LogP contribution in [-0.2, 0) is 0 Å². The van der Waals surface area contributed by atoms with Gasteiger partial charge in [0.15, 0.2) is 0 Å². The monoisotopic (exact) mass is 364 g/mol. The second kappa shape index (κ2) is 9.01. The molecule has 0 heterocycles. The summed E-state index contributed by atoms with van der Waals surface area (Å²) in [5, 5.41) is 4.84. The molecule has 3 aromatic rings. The van der Waals surface area contributed by atoms with Crippen LogP contribution in [0.5, 0.6) is 0 Å². The molecule has 0 aliphatic heterocycles. The summed E-state index contributed by atoms with van der Waals surface area (Å²) >= 11 is 0. The summed E-state index contributed by atoms with van der Waals surface area (Å²) in [6, 6.07) is 31.1. The van der Waals surface area contributed by atoms with Crippen LogP contribution in [-0.4, -0.2) is 5.71 Å². The highest BCUT2D eigenvalue weighted by Crippen LogP contribution is 2.29. The van der Waals surface area contributed by atoms with Crippen LogP contribution in [0.1, 0.15) is 30.4 Å². The Hall–Kier alpha value is -3.39. The third-order valence-corrected chi connectivity index (χ3v) is 4.85. The Kier molecular flexibility index (Phi) is 5.79. The molecule has 1 saturated carbocycles. The van der Waals surface area contributed by atoms with E-state index in [0.29, 0.717) is 0 Å². The van der Waals surface area contributed by atoms with Gasteiger partial charge in [0, 0.05) is 0 Å². The molecule has 138 valence electrons. The number of hydrogen-bond donors (Lipinski definition) is 1. The van der Waals surface area contributed by atoms with Crippen molar-refractivity contribution in [1.29, 1.82) is 0 Å². The largest absolute Gasteiger partial charge is 0.278 e. The van der Waals surface area contributed by atoms with Crippen LogP contribution in [0.2, 0.25) is 0 Å². The number of benzene rings is 3. The normalized spacial score (nSPS) is 18.5. The summed E-state index contributed by atoms with van der Waals surface area (Å²) in [6.45, 7) is 0. The van der Waals surface area contributed by atoms with Crippen molar-refractivity contribution in [3.05, 3.63) is 113 Å². The van der Waals surface area contributed by atoms with Crippen molar-refractivity contribution in [2.24, 2.45) is 5.10 Å². The first kappa shape index (κ1) is 18.0. The molecular formula is C26H24N2. The highest BCUT2D eigenvalue weighted by atomic mass is 15.3. The number of nitrogens with one attached hydrogen (secondary N) is 1. The zero-order valence-corrected chi connectivity index (χ0v) is 15.9. The SMILES string of the molecule is C(=C1CCC/C(=C/c2ccccc2)C1=NNc1ccccc1)c1ccccc1. The second-order valence-electron chi connectivity index (χ2n) is 6.95. The van der Waals surface area contributed by atoms with Crippen molar-refractivity contribution in [2.75, 3.05) is 5.43 Å². The molecule has 0 saturated heterocycles. The third-order valence-electron chi connectivity index (χ3n) is 4.85. The molecule has 0 amide bonds. The van der Waals surface area contributed by atoms with Crippen LogP contribution in [0, 0.1) is 0 Å². The van der Waals surface area contributed by atoms with Crippen LogP contribution in [0.4, 0.5) is 5.69 Å². The topological polar surface area (TPSA) is 24.4 Å². The fourth-order valence-corrected chi connectivity index (χ4v) is 3.47. The quantitative estimate of drug-likeness (QED) is 0.505. The van der Waals surface area contributed by atoms with Crippen molar-refractivity contribution in [3.8, 4) is 0 Å². The van der Waals surface area contributed by atoms with E-state index in [1.54, 1.807) is 0 Å². The van der Waals surface area contributed by atoms with Gasteiger partial charge in [-0.25, -0.2) is 0 Å². The zero-order chi connectivity index (χ0) is 19.0. The average molecular weight is 364 g/mol. The van der Waals surface area contributed by atoms with Gasteiger partial charge in [-0.3, -0.25) is 5.43 Å². The molecule has 0 bridgehead atoms. The molecule has 2 heteroatoms. The van der Waals surface area contributed by atoms with Crippen LogP contribution in [0.15, 0.2) is 107 Å². The summed E-state index contributed by atoms with van der Waals surface area (Å²) in [4.78, 5) is 0. The summed E-state index contributed by atoms with van der Waals surface area (Å²) in [6.07, 6.45) is 7.75. The highest BCUT2D eigenvalue weighted by Gasteiger charge is 2.19. The van der Waals surface area contributed by atoms with E-state index in [2.05, 4.69) is 78.2 Å². The van der Waals surface area contributed by atoms with Crippen LogP contribution in [0.3, 0.4) is 0 Å². The van der Waals surface area contributed by atoms with Gasteiger partial charge in [0.25, 0.3) is 0 Å². The van der Waals surface area contributed by atoms with E-state index in [0.717, 1.165) is 30.7 Å². The number of anilines is 1. The fourth-order valence-electron chi connectivity index (χ4n) is 3.47. The first-order chi connectivity index (χ1) is 13.9. The predicted octanol–water partition coefficient (Wildman–Crippen LogP) is 6.81. The van der Waals surface area contributed by atoms with Gasteiger partial charge in [0.05, 0.1) is 11.4 Å². The second-order valence-corrected chi connectivity index (χ2v) is 6.95. The van der Waals surface area contributed by atoms with Gasteiger partial charge < -0.3 is 0 Å². The maximum atomic E-state index is 4.84. The molecule has 3 aromatic carbocycles. The standard InChI is InChI=1S/C26H24N2/c1-4-11-21(12-5-1)19-23-15-10-16-24(20-22-13-6-2-7-14-22)26(23)28-27-25-17-8-3-9-18-25/h1-9,11-14,17-20,27H,10,15-16H2/b23-19-,24-20?,28-26?. The lowest BCUT2D eigenvalue weighted by Crippen LogP contribution is -2.15. The molecule has 28 heavy (non-hydrogen) atoms. The molecule has 2 nitrogen and oxygen atoms in total. The first-order valence-corrected chi connectivity index (χ1v) is 9.79. The van der Waals surface area contributed by atoms with Crippen molar-refractivity contribution < 1.29 is 0 Å². The number of rotatable bonds is 4. The smallest absolute Gasteiger partial charge is 0.0897 e. The Morgan fingerprint density at radius 2 is 1.07 bits per heavy atom. The van der Waals surface area contributed by atoms with Gasteiger partial charge in [-0.15, -0.1) is 0 Å². The summed E-state index contributed by atoms with van der Waals surface area (Å²) < 4.78 is 0. The minimum absolute atomic E-state index is 0.999. The molecule has 0 aromatic heterocycles. The summed E-state index contributed by atoms with van der Waals surface area (Å²) in [5.41, 5.74) is 10.3. The van der Waals surface area contributed by atoms with E-state index in [4.69, 9.17) is 5.10 Å². The minimum atomic E-state index is 0.999. The average Bonchev–Trinajstić information content (AvgIpc) is 2.75. The Bertz CT molecular complexity index is 925. The number of hydrogen-bond acceptors (Lipinski definition) is 2. The molecule has 0 atom stereocenters.